The van der Waals surface area contributed by atoms with E-state index in [1.807, 2.05) is 6.21 Å². The minimum Gasteiger partial charge on any atom is -0.261 e. The van der Waals surface area contributed by atoms with Gasteiger partial charge in [0.05, 0.1) is 5.70 Å². The lowest BCUT2D eigenvalue weighted by atomic mass is 9.99. The largest absolute Gasteiger partial charge is 0.261 e. The first-order valence-electron chi connectivity index (χ1n) is 5.60. The third-order valence-electron chi connectivity index (χ3n) is 2.71. The third kappa shape index (κ3) is 2.35. The van der Waals surface area contributed by atoms with E-state index >= 15 is 0 Å². The second-order valence-electron chi connectivity index (χ2n) is 4.26. The molecule has 1 aliphatic rings. The minimum absolute atomic E-state index is 0.582. The maximum absolute atomic E-state index is 4.44. The first-order chi connectivity index (χ1) is 7.27. The highest BCUT2D eigenvalue weighted by Gasteiger charge is 2.05. The first kappa shape index (κ1) is 10.2. The molecule has 0 unspecified atom stereocenters. The molecule has 1 aliphatic heterocycles. The number of rotatable bonds is 2. The first-order valence-corrected chi connectivity index (χ1v) is 5.60. The summed E-state index contributed by atoms with van der Waals surface area (Å²) in [6, 6.07) is 8.69. The van der Waals surface area contributed by atoms with Crippen molar-refractivity contribution < 1.29 is 0 Å². The SMILES string of the molecule is CC(C)c1cccc(C2=CCCC=N2)c1. The van der Waals surface area contributed by atoms with Crippen LogP contribution in [-0.2, 0) is 0 Å². The second kappa shape index (κ2) is 4.43. The summed E-state index contributed by atoms with van der Waals surface area (Å²) < 4.78 is 0. The summed E-state index contributed by atoms with van der Waals surface area (Å²) in [5.41, 5.74) is 3.76. The topological polar surface area (TPSA) is 12.4 Å². The van der Waals surface area contributed by atoms with Crippen molar-refractivity contribution in [2.24, 2.45) is 4.99 Å². The molecule has 78 valence electrons. The van der Waals surface area contributed by atoms with Crippen molar-refractivity contribution >= 4 is 11.9 Å². The Bertz CT molecular complexity index is 400. The van der Waals surface area contributed by atoms with Crippen LogP contribution in [0.2, 0.25) is 0 Å². The molecule has 0 amide bonds. The van der Waals surface area contributed by atoms with Gasteiger partial charge in [-0.05, 0) is 30.4 Å². The van der Waals surface area contributed by atoms with Crippen molar-refractivity contribution in [3.8, 4) is 0 Å². The quantitative estimate of drug-likeness (QED) is 0.682. The van der Waals surface area contributed by atoms with Gasteiger partial charge in [0.25, 0.3) is 0 Å². The summed E-state index contributed by atoms with van der Waals surface area (Å²) in [6.07, 6.45) is 6.43. The van der Waals surface area contributed by atoms with Crippen molar-refractivity contribution in [3.05, 3.63) is 41.5 Å². The Balaban J connectivity index is 2.32. The molecule has 0 aromatic heterocycles. The van der Waals surface area contributed by atoms with E-state index in [0.717, 1.165) is 18.5 Å². The number of allylic oxidation sites excluding steroid dienone is 1. The molecule has 0 bridgehead atoms. The molecule has 1 heteroatoms. The average molecular weight is 199 g/mol. The summed E-state index contributed by atoms with van der Waals surface area (Å²) in [4.78, 5) is 4.44. The van der Waals surface area contributed by atoms with Crippen LogP contribution in [0, 0.1) is 0 Å². The van der Waals surface area contributed by atoms with E-state index in [1.54, 1.807) is 0 Å². The zero-order valence-corrected chi connectivity index (χ0v) is 9.40. The number of hydrogen-bond donors (Lipinski definition) is 0. The molecule has 2 rings (SSSR count). The summed E-state index contributed by atoms with van der Waals surface area (Å²) >= 11 is 0. The van der Waals surface area contributed by atoms with E-state index < -0.39 is 0 Å². The fourth-order valence-electron chi connectivity index (χ4n) is 1.76. The molecule has 0 aliphatic carbocycles. The fraction of sp³-hybridized carbons (Fsp3) is 0.357. The molecule has 0 spiro atoms. The van der Waals surface area contributed by atoms with E-state index in [1.165, 1.54) is 11.1 Å². The molecule has 1 aromatic rings. The Morgan fingerprint density at radius 1 is 1.20 bits per heavy atom. The van der Waals surface area contributed by atoms with Gasteiger partial charge in [-0.15, -0.1) is 0 Å². The highest BCUT2D eigenvalue weighted by Crippen LogP contribution is 2.23. The second-order valence-corrected chi connectivity index (χ2v) is 4.26. The molecular formula is C14H17N. The number of aliphatic imine (C=N–C) groups is 1. The third-order valence-corrected chi connectivity index (χ3v) is 2.71. The molecule has 0 N–H and O–H groups in total. The molecule has 1 nitrogen and oxygen atoms in total. The van der Waals surface area contributed by atoms with Crippen molar-refractivity contribution in [1.29, 1.82) is 0 Å². The number of nitrogens with zero attached hydrogens (tertiary/aromatic N) is 1. The molecule has 15 heavy (non-hydrogen) atoms. The lowest BCUT2D eigenvalue weighted by Crippen LogP contribution is -1.92. The summed E-state index contributed by atoms with van der Waals surface area (Å²) in [6.45, 7) is 4.44. The van der Waals surface area contributed by atoms with Gasteiger partial charge in [-0.3, -0.25) is 4.99 Å². The smallest absolute Gasteiger partial charge is 0.0658 e. The summed E-state index contributed by atoms with van der Waals surface area (Å²) in [5, 5.41) is 0. The molecule has 0 saturated carbocycles. The van der Waals surface area contributed by atoms with Gasteiger partial charge in [-0.2, -0.15) is 0 Å². The van der Waals surface area contributed by atoms with Crippen LogP contribution in [-0.4, -0.2) is 6.21 Å². The van der Waals surface area contributed by atoms with Gasteiger partial charge >= 0.3 is 0 Å². The van der Waals surface area contributed by atoms with E-state index in [4.69, 9.17) is 0 Å². The highest BCUT2D eigenvalue weighted by atomic mass is 14.7. The van der Waals surface area contributed by atoms with Crippen LogP contribution in [0.1, 0.15) is 43.7 Å². The highest BCUT2D eigenvalue weighted by molar-refractivity contribution is 5.76. The normalized spacial score (nSPS) is 15.5. The van der Waals surface area contributed by atoms with Gasteiger partial charge in [0.2, 0.25) is 0 Å². The maximum Gasteiger partial charge on any atom is 0.0658 e. The lowest BCUT2D eigenvalue weighted by molar-refractivity contribution is 0.866. The molecule has 0 fully saturated rings. The summed E-state index contributed by atoms with van der Waals surface area (Å²) in [7, 11) is 0. The number of hydrogen-bond acceptors (Lipinski definition) is 1. The maximum atomic E-state index is 4.44. The predicted octanol–water partition coefficient (Wildman–Crippen LogP) is 4.02. The van der Waals surface area contributed by atoms with Gasteiger partial charge < -0.3 is 0 Å². The van der Waals surface area contributed by atoms with Crippen LogP contribution in [0.5, 0.6) is 0 Å². The van der Waals surface area contributed by atoms with Crippen LogP contribution < -0.4 is 0 Å². The molecular weight excluding hydrogens is 182 g/mol. The summed E-state index contributed by atoms with van der Waals surface area (Å²) in [5.74, 6) is 0.582. The molecule has 0 atom stereocenters. The van der Waals surface area contributed by atoms with Crippen LogP contribution in [0.25, 0.3) is 5.70 Å². The van der Waals surface area contributed by atoms with Crippen LogP contribution in [0.4, 0.5) is 0 Å². The van der Waals surface area contributed by atoms with Crippen LogP contribution in [0.3, 0.4) is 0 Å². The zero-order chi connectivity index (χ0) is 10.7. The van der Waals surface area contributed by atoms with Crippen molar-refractivity contribution in [2.45, 2.75) is 32.6 Å². The van der Waals surface area contributed by atoms with Gasteiger partial charge in [0, 0.05) is 11.8 Å². The van der Waals surface area contributed by atoms with Crippen LogP contribution in [0.15, 0.2) is 35.3 Å². The molecule has 1 heterocycles. The Morgan fingerprint density at radius 2 is 2.07 bits per heavy atom. The molecule has 0 saturated heterocycles. The Kier molecular flexibility index (Phi) is 3.00. The van der Waals surface area contributed by atoms with Crippen LogP contribution >= 0.6 is 0 Å². The van der Waals surface area contributed by atoms with Crippen molar-refractivity contribution in [3.63, 3.8) is 0 Å². The minimum atomic E-state index is 0.582. The lowest BCUT2D eigenvalue weighted by Gasteiger charge is -2.10. The number of benzene rings is 1. The van der Waals surface area contributed by atoms with Gasteiger partial charge in [-0.1, -0.05) is 38.1 Å². The van der Waals surface area contributed by atoms with Gasteiger partial charge in [0.15, 0.2) is 0 Å². The Labute approximate surface area is 91.6 Å². The zero-order valence-electron chi connectivity index (χ0n) is 9.40. The van der Waals surface area contributed by atoms with Crippen molar-refractivity contribution in [2.75, 3.05) is 0 Å². The molecule has 1 aromatic carbocycles. The average Bonchev–Trinajstić information content (AvgIpc) is 2.30. The molecule has 0 radical (unpaired) electrons. The predicted molar refractivity (Wildman–Crippen MR) is 66.2 cm³/mol. The van der Waals surface area contributed by atoms with E-state index in [-0.39, 0.29) is 0 Å². The standard InChI is InChI=1S/C14H17N/c1-11(2)12-6-5-7-13(10-12)14-8-3-4-9-15-14/h5-11H,3-4H2,1-2H3. The van der Waals surface area contributed by atoms with E-state index in [0.29, 0.717) is 5.92 Å². The Hall–Kier alpha value is -1.37. The van der Waals surface area contributed by atoms with Gasteiger partial charge in [-0.25, -0.2) is 0 Å². The fourth-order valence-corrected chi connectivity index (χ4v) is 1.76. The van der Waals surface area contributed by atoms with E-state index in [2.05, 4.69) is 49.2 Å². The van der Waals surface area contributed by atoms with E-state index in [9.17, 15) is 0 Å². The van der Waals surface area contributed by atoms with Gasteiger partial charge in [0.1, 0.15) is 0 Å². The van der Waals surface area contributed by atoms with Crippen molar-refractivity contribution in [1.82, 2.24) is 0 Å². The Morgan fingerprint density at radius 3 is 2.73 bits per heavy atom. The monoisotopic (exact) mass is 199 g/mol.